The Labute approximate surface area is 125 Å². The van der Waals surface area contributed by atoms with E-state index in [4.69, 9.17) is 41.2 Å². The van der Waals surface area contributed by atoms with E-state index in [2.05, 4.69) is 10.4 Å². The number of nitrogens with one attached hydrogen (secondary N) is 1. The van der Waals surface area contributed by atoms with E-state index in [1.54, 1.807) is 18.2 Å². The molecular weight excluding hydrogens is 303 g/mol. The van der Waals surface area contributed by atoms with Gasteiger partial charge in [-0.05, 0) is 30.8 Å². The first kappa shape index (κ1) is 12.7. The summed E-state index contributed by atoms with van der Waals surface area (Å²) in [6.07, 6.45) is 0.842. The number of nitrogens with zero attached hydrogens (tertiary/aromatic N) is 2. The van der Waals surface area contributed by atoms with Gasteiger partial charge in [-0.15, -0.1) is 0 Å². The van der Waals surface area contributed by atoms with E-state index >= 15 is 0 Å². The molecule has 4 nitrogen and oxygen atoms in total. The molecular formula is C12H10Cl2N4S. The van der Waals surface area contributed by atoms with Crippen molar-refractivity contribution in [1.82, 2.24) is 9.78 Å². The molecule has 3 rings (SSSR count). The third kappa shape index (κ3) is 1.98. The molecule has 0 radical (unpaired) electrons. The van der Waals surface area contributed by atoms with Gasteiger partial charge in [-0.3, -0.25) is 0 Å². The van der Waals surface area contributed by atoms with Gasteiger partial charge in [0, 0.05) is 17.7 Å². The zero-order valence-electron chi connectivity index (χ0n) is 9.78. The first-order valence-electron chi connectivity index (χ1n) is 5.69. The number of hydrogen-bond donors (Lipinski definition) is 2. The molecule has 0 bridgehead atoms. The highest BCUT2D eigenvalue weighted by Gasteiger charge is 2.26. The highest BCUT2D eigenvalue weighted by molar-refractivity contribution is 7.80. The van der Waals surface area contributed by atoms with Crippen molar-refractivity contribution >= 4 is 46.4 Å². The number of rotatable bonds is 1. The molecule has 1 aromatic carbocycles. The second-order valence-corrected chi connectivity index (χ2v) is 5.43. The molecule has 7 heteroatoms. The van der Waals surface area contributed by atoms with Crippen LogP contribution in [0.4, 0.5) is 5.82 Å². The Bertz CT molecular complexity index is 660. The van der Waals surface area contributed by atoms with Crippen LogP contribution in [0.1, 0.15) is 5.56 Å². The zero-order chi connectivity index (χ0) is 13.6. The predicted octanol–water partition coefficient (Wildman–Crippen LogP) is 2.92. The molecule has 1 aliphatic heterocycles. The first-order chi connectivity index (χ1) is 9.09. The molecule has 0 saturated heterocycles. The van der Waals surface area contributed by atoms with Crippen LogP contribution in [0.2, 0.25) is 10.0 Å². The van der Waals surface area contributed by atoms with Gasteiger partial charge in [0.25, 0.3) is 0 Å². The van der Waals surface area contributed by atoms with Crippen molar-refractivity contribution in [1.29, 1.82) is 0 Å². The van der Waals surface area contributed by atoms with Crippen molar-refractivity contribution in [2.24, 2.45) is 5.73 Å². The molecule has 0 amide bonds. The lowest BCUT2D eigenvalue weighted by atomic mass is 10.1. The molecule has 0 spiro atoms. The average molecular weight is 313 g/mol. The van der Waals surface area contributed by atoms with Crippen LogP contribution >= 0.6 is 35.4 Å². The van der Waals surface area contributed by atoms with Crippen molar-refractivity contribution in [2.45, 2.75) is 6.42 Å². The van der Waals surface area contributed by atoms with Crippen LogP contribution in [0, 0.1) is 0 Å². The normalized spacial score (nSPS) is 13.2. The number of fused-ring (bicyclic) bond motifs is 1. The fourth-order valence-electron chi connectivity index (χ4n) is 2.26. The van der Waals surface area contributed by atoms with Gasteiger partial charge in [0.1, 0.15) is 11.5 Å². The maximum atomic E-state index is 6.24. The molecule has 98 valence electrons. The van der Waals surface area contributed by atoms with E-state index in [-0.39, 0.29) is 5.11 Å². The fraction of sp³-hybridized carbons (Fsp3) is 0.167. The van der Waals surface area contributed by atoms with E-state index < -0.39 is 0 Å². The van der Waals surface area contributed by atoms with Gasteiger partial charge in [0.15, 0.2) is 5.11 Å². The minimum atomic E-state index is 0.195. The van der Waals surface area contributed by atoms with E-state index in [9.17, 15) is 0 Å². The third-order valence-corrected chi connectivity index (χ3v) is 3.86. The van der Waals surface area contributed by atoms with Crippen molar-refractivity contribution in [3.63, 3.8) is 0 Å². The summed E-state index contributed by atoms with van der Waals surface area (Å²) < 4.78 is 1.52. The van der Waals surface area contributed by atoms with Crippen molar-refractivity contribution < 1.29 is 0 Å². The van der Waals surface area contributed by atoms with Gasteiger partial charge in [0.2, 0.25) is 0 Å². The van der Waals surface area contributed by atoms with Crippen LogP contribution in [0.25, 0.3) is 11.3 Å². The van der Waals surface area contributed by atoms with E-state index in [0.717, 1.165) is 35.6 Å². The molecule has 0 aliphatic carbocycles. The number of hydrogen-bond acceptors (Lipinski definition) is 3. The SMILES string of the molecule is NC(=S)n1nc(-c2c(Cl)cccc2Cl)c2c1NCC2. The summed E-state index contributed by atoms with van der Waals surface area (Å²) >= 11 is 17.5. The monoisotopic (exact) mass is 312 g/mol. The summed E-state index contributed by atoms with van der Waals surface area (Å²) in [4.78, 5) is 0. The zero-order valence-corrected chi connectivity index (χ0v) is 12.1. The highest BCUT2D eigenvalue weighted by Crippen LogP contribution is 2.39. The van der Waals surface area contributed by atoms with Gasteiger partial charge in [-0.25, -0.2) is 0 Å². The second kappa shape index (κ2) is 4.67. The van der Waals surface area contributed by atoms with E-state index in [1.165, 1.54) is 4.68 Å². The Morgan fingerprint density at radius 3 is 2.68 bits per heavy atom. The minimum absolute atomic E-state index is 0.195. The standard InChI is InChI=1S/C12H10Cl2N4S/c13-7-2-1-3-8(14)9(7)10-6-4-5-16-11(6)18(17-10)12(15)19/h1-3,16H,4-5H2,(H2,15,19). The van der Waals surface area contributed by atoms with Gasteiger partial charge in [0.05, 0.1) is 10.0 Å². The van der Waals surface area contributed by atoms with Crippen LogP contribution in [-0.2, 0) is 6.42 Å². The van der Waals surface area contributed by atoms with Crippen LogP contribution in [0.5, 0.6) is 0 Å². The van der Waals surface area contributed by atoms with Gasteiger partial charge >= 0.3 is 0 Å². The Hall–Kier alpha value is -1.30. The lowest BCUT2D eigenvalue weighted by molar-refractivity contribution is 0.935. The van der Waals surface area contributed by atoms with Crippen molar-refractivity contribution in [3.8, 4) is 11.3 Å². The molecule has 0 fully saturated rings. The van der Waals surface area contributed by atoms with Crippen LogP contribution in [0.3, 0.4) is 0 Å². The quantitative estimate of drug-likeness (QED) is 0.795. The number of benzene rings is 1. The third-order valence-electron chi connectivity index (χ3n) is 3.06. The summed E-state index contributed by atoms with van der Waals surface area (Å²) in [5.74, 6) is 0.832. The molecule has 1 aliphatic rings. The number of aromatic nitrogens is 2. The summed E-state index contributed by atoms with van der Waals surface area (Å²) in [5.41, 5.74) is 8.19. The highest BCUT2D eigenvalue weighted by atomic mass is 35.5. The van der Waals surface area contributed by atoms with Crippen molar-refractivity contribution in [2.75, 3.05) is 11.9 Å². The molecule has 3 N–H and O–H groups in total. The fourth-order valence-corrected chi connectivity index (χ4v) is 2.97. The topological polar surface area (TPSA) is 55.9 Å². The lowest BCUT2D eigenvalue weighted by Gasteiger charge is -2.05. The molecule has 19 heavy (non-hydrogen) atoms. The van der Waals surface area contributed by atoms with Gasteiger partial charge in [-0.1, -0.05) is 29.3 Å². The minimum Gasteiger partial charge on any atom is -0.374 e. The average Bonchev–Trinajstić information content (AvgIpc) is 2.91. The maximum Gasteiger partial charge on any atom is 0.193 e. The predicted molar refractivity (Wildman–Crippen MR) is 82.1 cm³/mol. The maximum absolute atomic E-state index is 6.24. The van der Waals surface area contributed by atoms with Crippen LogP contribution in [-0.4, -0.2) is 21.4 Å². The van der Waals surface area contributed by atoms with Crippen LogP contribution in [0.15, 0.2) is 18.2 Å². The molecule has 0 unspecified atom stereocenters. The van der Waals surface area contributed by atoms with Gasteiger partial charge < -0.3 is 11.1 Å². The molecule has 2 aromatic rings. The number of nitrogens with two attached hydrogens (primary N) is 1. The molecule has 0 atom stereocenters. The number of thiocarbonyl (C=S) groups is 1. The summed E-state index contributed by atoms with van der Waals surface area (Å²) in [5, 5.41) is 8.99. The molecule has 1 aromatic heterocycles. The Kier molecular flexibility index (Phi) is 3.12. The summed E-state index contributed by atoms with van der Waals surface area (Å²) in [6.45, 7) is 0.824. The Morgan fingerprint density at radius 1 is 1.37 bits per heavy atom. The summed E-state index contributed by atoms with van der Waals surface area (Å²) in [7, 11) is 0. The smallest absolute Gasteiger partial charge is 0.193 e. The summed E-state index contributed by atoms with van der Waals surface area (Å²) in [6, 6.07) is 5.38. The molecule has 2 heterocycles. The van der Waals surface area contributed by atoms with E-state index in [1.807, 2.05) is 0 Å². The largest absolute Gasteiger partial charge is 0.374 e. The lowest BCUT2D eigenvalue weighted by Crippen LogP contribution is -2.22. The number of halogens is 2. The Balaban J connectivity index is 2.27. The van der Waals surface area contributed by atoms with E-state index in [0.29, 0.717) is 10.0 Å². The molecule has 0 saturated carbocycles. The van der Waals surface area contributed by atoms with Gasteiger partial charge in [-0.2, -0.15) is 9.78 Å². The van der Waals surface area contributed by atoms with Crippen molar-refractivity contribution in [3.05, 3.63) is 33.8 Å². The first-order valence-corrected chi connectivity index (χ1v) is 6.86. The second-order valence-electron chi connectivity index (χ2n) is 4.20. The Morgan fingerprint density at radius 2 is 2.05 bits per heavy atom. The van der Waals surface area contributed by atoms with Crippen LogP contribution < -0.4 is 11.1 Å². The number of anilines is 1.